The highest BCUT2D eigenvalue weighted by Crippen LogP contribution is 2.26. The number of ether oxygens (including phenoxy) is 1. The second-order valence-corrected chi connectivity index (χ2v) is 5.43. The molecule has 0 aliphatic carbocycles. The van der Waals surface area contributed by atoms with Crippen molar-refractivity contribution in [3.8, 4) is 11.5 Å². The van der Waals surface area contributed by atoms with Crippen molar-refractivity contribution in [3.05, 3.63) is 89.5 Å². The maximum Gasteiger partial charge on any atom is 0.193 e. The number of phenolic OH excluding ortho intramolecular Hbond substituents is 1. The summed E-state index contributed by atoms with van der Waals surface area (Å²) in [5.41, 5.74) is 2.75. The fourth-order valence-electron chi connectivity index (χ4n) is 2.39. The van der Waals surface area contributed by atoms with E-state index in [9.17, 15) is 9.90 Å². The number of nitrogens with zero attached hydrogens (tertiary/aromatic N) is 1. The van der Waals surface area contributed by atoms with Gasteiger partial charge in [0.15, 0.2) is 17.3 Å². The molecule has 3 aromatic rings. The van der Waals surface area contributed by atoms with Crippen molar-refractivity contribution in [2.24, 2.45) is 4.99 Å². The van der Waals surface area contributed by atoms with Crippen LogP contribution in [0.5, 0.6) is 11.5 Å². The normalized spacial score (nSPS) is 10.8. The molecule has 124 valence electrons. The number of ketones is 1. The van der Waals surface area contributed by atoms with Crippen LogP contribution in [-0.2, 0) is 0 Å². The van der Waals surface area contributed by atoms with Gasteiger partial charge in [0.1, 0.15) is 0 Å². The van der Waals surface area contributed by atoms with Crippen LogP contribution < -0.4 is 4.74 Å². The molecule has 0 bridgehead atoms. The fourth-order valence-corrected chi connectivity index (χ4v) is 2.39. The predicted molar refractivity (Wildman–Crippen MR) is 98.2 cm³/mol. The highest BCUT2D eigenvalue weighted by molar-refractivity contribution is 6.09. The van der Waals surface area contributed by atoms with Crippen LogP contribution in [0.25, 0.3) is 0 Å². The summed E-state index contributed by atoms with van der Waals surface area (Å²) in [6.45, 7) is 0. The number of aromatic hydroxyl groups is 1. The molecule has 3 aromatic carbocycles. The first-order chi connectivity index (χ1) is 12.2. The zero-order valence-corrected chi connectivity index (χ0v) is 13.7. The van der Waals surface area contributed by atoms with Gasteiger partial charge in [0.05, 0.1) is 12.8 Å². The van der Waals surface area contributed by atoms with Gasteiger partial charge in [-0.25, -0.2) is 0 Å². The number of rotatable bonds is 5. The maximum absolute atomic E-state index is 12.4. The van der Waals surface area contributed by atoms with Gasteiger partial charge < -0.3 is 9.84 Å². The van der Waals surface area contributed by atoms with E-state index in [1.165, 1.54) is 7.11 Å². The molecule has 0 aliphatic rings. The van der Waals surface area contributed by atoms with Crippen molar-refractivity contribution in [2.45, 2.75) is 0 Å². The number of carbonyl (C=O) groups is 1. The first-order valence-electron chi connectivity index (χ1n) is 7.78. The number of methoxy groups -OCH3 is 1. The predicted octanol–water partition coefficient (Wildman–Crippen LogP) is 4.38. The third-order valence-electron chi connectivity index (χ3n) is 3.73. The molecule has 25 heavy (non-hydrogen) atoms. The van der Waals surface area contributed by atoms with Gasteiger partial charge in [0, 0.05) is 17.3 Å². The minimum Gasteiger partial charge on any atom is -0.504 e. The van der Waals surface area contributed by atoms with Crippen LogP contribution in [0, 0.1) is 0 Å². The van der Waals surface area contributed by atoms with Crippen molar-refractivity contribution in [1.29, 1.82) is 0 Å². The van der Waals surface area contributed by atoms with E-state index >= 15 is 0 Å². The van der Waals surface area contributed by atoms with Crippen molar-refractivity contribution >= 4 is 17.7 Å². The van der Waals surface area contributed by atoms with Gasteiger partial charge in [0.25, 0.3) is 0 Å². The Morgan fingerprint density at radius 1 is 0.960 bits per heavy atom. The molecular weight excluding hydrogens is 314 g/mol. The highest BCUT2D eigenvalue weighted by atomic mass is 16.5. The van der Waals surface area contributed by atoms with E-state index in [2.05, 4.69) is 4.99 Å². The van der Waals surface area contributed by atoms with Crippen LogP contribution in [0.1, 0.15) is 21.5 Å². The van der Waals surface area contributed by atoms with Gasteiger partial charge in [0.2, 0.25) is 0 Å². The largest absolute Gasteiger partial charge is 0.504 e. The summed E-state index contributed by atoms with van der Waals surface area (Å²) in [6, 6.07) is 21.3. The van der Waals surface area contributed by atoms with Crippen LogP contribution in [-0.4, -0.2) is 24.2 Å². The van der Waals surface area contributed by atoms with Crippen LogP contribution in [0.3, 0.4) is 0 Å². The summed E-state index contributed by atoms with van der Waals surface area (Å²) in [5.74, 6) is 0.465. The smallest absolute Gasteiger partial charge is 0.193 e. The minimum atomic E-state index is -0.0174. The third kappa shape index (κ3) is 3.93. The van der Waals surface area contributed by atoms with Crippen LogP contribution in [0.15, 0.2) is 77.8 Å². The molecule has 1 N–H and O–H groups in total. The van der Waals surface area contributed by atoms with E-state index in [4.69, 9.17) is 4.74 Å². The number of phenols is 1. The number of aliphatic imine (C=N–C) groups is 1. The monoisotopic (exact) mass is 331 g/mol. The Kier molecular flexibility index (Phi) is 4.90. The molecule has 0 radical (unpaired) electrons. The molecule has 0 aliphatic heterocycles. The van der Waals surface area contributed by atoms with Crippen molar-refractivity contribution in [1.82, 2.24) is 0 Å². The van der Waals surface area contributed by atoms with Gasteiger partial charge in [-0.2, -0.15) is 0 Å². The zero-order valence-electron chi connectivity index (χ0n) is 13.7. The quantitative estimate of drug-likeness (QED) is 0.557. The van der Waals surface area contributed by atoms with Gasteiger partial charge in [-0.05, 0) is 48.0 Å². The lowest BCUT2D eigenvalue weighted by Crippen LogP contribution is -2.00. The Balaban J connectivity index is 1.74. The second kappa shape index (κ2) is 7.45. The lowest BCUT2D eigenvalue weighted by Gasteiger charge is -2.03. The fraction of sp³-hybridized carbons (Fsp3) is 0.0476. The SMILES string of the molecule is COc1ccc(C=Nc2ccc(C(=O)c3ccccc3)cc2)cc1O. The second-order valence-electron chi connectivity index (χ2n) is 5.43. The lowest BCUT2D eigenvalue weighted by molar-refractivity contribution is 0.103. The number of benzene rings is 3. The summed E-state index contributed by atoms with van der Waals surface area (Å²) < 4.78 is 5.01. The molecule has 0 atom stereocenters. The molecule has 0 fully saturated rings. The Labute approximate surface area is 146 Å². The van der Waals surface area contributed by atoms with E-state index in [1.54, 1.807) is 60.8 Å². The minimum absolute atomic E-state index is 0.0174. The molecular formula is C21H17NO3. The standard InChI is InChI=1S/C21H17NO3/c1-25-20-12-7-15(13-19(20)23)14-22-18-10-8-17(9-11-18)21(24)16-5-3-2-4-6-16/h2-14,23H,1H3. The van der Waals surface area contributed by atoms with Crippen molar-refractivity contribution in [3.63, 3.8) is 0 Å². The van der Waals surface area contributed by atoms with Crippen LogP contribution in [0.4, 0.5) is 5.69 Å². The first-order valence-corrected chi connectivity index (χ1v) is 7.78. The molecule has 4 heteroatoms. The Bertz CT molecular complexity index is 900. The molecule has 0 spiro atoms. The topological polar surface area (TPSA) is 58.9 Å². The Morgan fingerprint density at radius 3 is 2.28 bits per heavy atom. The van der Waals surface area contributed by atoms with Crippen molar-refractivity contribution in [2.75, 3.05) is 7.11 Å². The lowest BCUT2D eigenvalue weighted by atomic mass is 10.0. The molecule has 0 heterocycles. The van der Waals surface area contributed by atoms with Crippen LogP contribution in [0.2, 0.25) is 0 Å². The van der Waals surface area contributed by atoms with E-state index in [0.29, 0.717) is 16.9 Å². The summed E-state index contributed by atoms with van der Waals surface area (Å²) in [7, 11) is 1.50. The number of hydrogen-bond acceptors (Lipinski definition) is 4. The zero-order chi connectivity index (χ0) is 17.6. The molecule has 4 nitrogen and oxygen atoms in total. The molecule has 0 saturated heterocycles. The van der Waals surface area contributed by atoms with Crippen LogP contribution >= 0.6 is 0 Å². The number of carbonyl (C=O) groups excluding carboxylic acids is 1. The first kappa shape index (κ1) is 16.5. The van der Waals surface area contributed by atoms with E-state index < -0.39 is 0 Å². The maximum atomic E-state index is 12.4. The summed E-state index contributed by atoms with van der Waals surface area (Å²) in [5, 5.41) is 9.77. The summed E-state index contributed by atoms with van der Waals surface area (Å²) >= 11 is 0. The Morgan fingerprint density at radius 2 is 1.64 bits per heavy atom. The Hall–Kier alpha value is -3.40. The highest BCUT2D eigenvalue weighted by Gasteiger charge is 2.07. The van der Waals surface area contributed by atoms with Gasteiger partial charge in [-0.3, -0.25) is 9.79 Å². The van der Waals surface area contributed by atoms with E-state index in [1.807, 2.05) is 18.2 Å². The molecule has 0 saturated carbocycles. The van der Waals surface area contributed by atoms with Gasteiger partial charge in [-0.15, -0.1) is 0 Å². The van der Waals surface area contributed by atoms with Gasteiger partial charge >= 0.3 is 0 Å². The average Bonchev–Trinajstić information content (AvgIpc) is 2.67. The van der Waals surface area contributed by atoms with Gasteiger partial charge in [-0.1, -0.05) is 30.3 Å². The molecule has 0 aromatic heterocycles. The molecule has 0 unspecified atom stereocenters. The van der Waals surface area contributed by atoms with Crippen molar-refractivity contribution < 1.29 is 14.6 Å². The number of hydrogen-bond donors (Lipinski definition) is 1. The summed E-state index contributed by atoms with van der Waals surface area (Å²) in [4.78, 5) is 16.7. The van der Waals surface area contributed by atoms with E-state index in [0.717, 1.165) is 11.3 Å². The third-order valence-corrected chi connectivity index (χ3v) is 3.73. The average molecular weight is 331 g/mol. The summed E-state index contributed by atoms with van der Waals surface area (Å²) in [6.07, 6.45) is 1.65. The molecule has 3 rings (SSSR count). The molecule has 0 amide bonds. The van der Waals surface area contributed by atoms with E-state index in [-0.39, 0.29) is 11.5 Å².